The van der Waals surface area contributed by atoms with Gasteiger partial charge >= 0.3 is 0 Å². The molecule has 2 heterocycles. The zero-order valence-corrected chi connectivity index (χ0v) is 12.7. The van der Waals surface area contributed by atoms with Crippen molar-refractivity contribution in [1.29, 1.82) is 0 Å². The molecule has 3 aliphatic rings. The summed E-state index contributed by atoms with van der Waals surface area (Å²) in [6.45, 7) is 3.38. The van der Waals surface area contributed by atoms with Crippen LogP contribution < -0.4 is 5.32 Å². The van der Waals surface area contributed by atoms with Crippen molar-refractivity contribution < 1.29 is 0 Å². The van der Waals surface area contributed by atoms with Gasteiger partial charge in [-0.1, -0.05) is 18.6 Å². The zero-order valence-electron chi connectivity index (χ0n) is 12.7. The van der Waals surface area contributed by atoms with Crippen LogP contribution in [0.3, 0.4) is 0 Å². The lowest BCUT2D eigenvalue weighted by atomic mass is 9.79. The fourth-order valence-electron chi connectivity index (χ4n) is 4.69. The van der Waals surface area contributed by atoms with Crippen molar-refractivity contribution >= 4 is 0 Å². The molecule has 3 unspecified atom stereocenters. The first kappa shape index (κ1) is 13.6. The third-order valence-electron chi connectivity index (χ3n) is 5.76. The second-order valence-corrected chi connectivity index (χ2v) is 6.84. The highest BCUT2D eigenvalue weighted by Gasteiger charge is 2.41. The summed E-state index contributed by atoms with van der Waals surface area (Å²) in [5.74, 6) is 0.887. The summed E-state index contributed by atoms with van der Waals surface area (Å²) in [4.78, 5) is 2.66. The summed E-state index contributed by atoms with van der Waals surface area (Å²) in [5.41, 5.74) is 1.74. The Hall–Kier alpha value is -0.340. The van der Waals surface area contributed by atoms with E-state index >= 15 is 0 Å². The molecule has 2 bridgehead atoms. The fraction of sp³-hybridized carbons (Fsp3) is 0.882. The van der Waals surface area contributed by atoms with E-state index in [1.165, 1.54) is 51.4 Å². The van der Waals surface area contributed by atoms with Crippen LogP contribution >= 0.6 is 0 Å². The quantitative estimate of drug-likeness (QED) is 0.782. The lowest BCUT2D eigenvalue weighted by molar-refractivity contribution is 0.118. The number of nitrogens with one attached hydrogen (secondary N) is 1. The molecule has 0 amide bonds. The molecule has 0 spiro atoms. The summed E-state index contributed by atoms with van der Waals surface area (Å²) in [5, 5.41) is 3.82. The summed E-state index contributed by atoms with van der Waals surface area (Å²) in [7, 11) is 2.35. The first-order valence-electron chi connectivity index (χ1n) is 8.43. The van der Waals surface area contributed by atoms with Crippen LogP contribution in [0.2, 0.25) is 0 Å². The van der Waals surface area contributed by atoms with E-state index in [0.717, 1.165) is 24.5 Å². The maximum atomic E-state index is 3.82. The second-order valence-electron chi connectivity index (χ2n) is 6.84. The van der Waals surface area contributed by atoms with Gasteiger partial charge in [0.1, 0.15) is 0 Å². The number of fused-ring (bicyclic) bond motifs is 2. The summed E-state index contributed by atoms with van der Waals surface area (Å²) >= 11 is 0. The van der Waals surface area contributed by atoms with Crippen LogP contribution in [0.25, 0.3) is 0 Å². The van der Waals surface area contributed by atoms with Gasteiger partial charge in [-0.25, -0.2) is 0 Å². The van der Waals surface area contributed by atoms with E-state index < -0.39 is 0 Å². The smallest absolute Gasteiger partial charge is 0.0308 e. The normalized spacial score (nSPS) is 37.2. The highest BCUT2D eigenvalue weighted by atomic mass is 15.2. The van der Waals surface area contributed by atoms with Gasteiger partial charge in [-0.05, 0) is 70.9 Å². The number of allylic oxidation sites excluding steroid dienone is 1. The van der Waals surface area contributed by atoms with Crippen LogP contribution in [0, 0.1) is 5.92 Å². The van der Waals surface area contributed by atoms with Gasteiger partial charge in [0.05, 0.1) is 0 Å². The largest absolute Gasteiger partial charge is 0.310 e. The molecule has 19 heavy (non-hydrogen) atoms. The number of likely N-dealkylation sites (N-methyl/N-ethyl adjacent to an activating group) is 1. The van der Waals surface area contributed by atoms with Crippen molar-refractivity contribution in [2.24, 2.45) is 5.92 Å². The Kier molecular flexibility index (Phi) is 4.28. The molecule has 3 rings (SSSR count). The maximum absolute atomic E-state index is 3.82. The summed E-state index contributed by atoms with van der Waals surface area (Å²) in [6.07, 6.45) is 13.7. The highest BCUT2D eigenvalue weighted by Crippen LogP contribution is 2.40. The average Bonchev–Trinajstić information content (AvgIpc) is 2.67. The Bertz CT molecular complexity index is 322. The molecule has 1 N–H and O–H groups in total. The SMILES string of the molecule is CCNC(C1=CCCCC1)C1CC2CCC(C1)N2C. The number of piperidine rings is 1. The Morgan fingerprint density at radius 1 is 1.26 bits per heavy atom. The molecule has 0 aromatic heterocycles. The van der Waals surface area contributed by atoms with Crippen LogP contribution in [0.4, 0.5) is 0 Å². The van der Waals surface area contributed by atoms with E-state index in [1.54, 1.807) is 5.57 Å². The molecular weight excluding hydrogens is 232 g/mol. The third kappa shape index (κ3) is 2.75. The molecule has 2 saturated heterocycles. The molecule has 0 saturated carbocycles. The molecule has 2 fully saturated rings. The van der Waals surface area contributed by atoms with Gasteiger partial charge in [-0.3, -0.25) is 0 Å². The van der Waals surface area contributed by atoms with Crippen LogP contribution in [0.5, 0.6) is 0 Å². The summed E-state index contributed by atoms with van der Waals surface area (Å²) in [6, 6.07) is 2.42. The Balaban J connectivity index is 1.72. The highest BCUT2D eigenvalue weighted by molar-refractivity contribution is 5.16. The van der Waals surface area contributed by atoms with Crippen molar-refractivity contribution in [3.8, 4) is 0 Å². The third-order valence-corrected chi connectivity index (χ3v) is 5.76. The van der Waals surface area contributed by atoms with E-state index in [0.29, 0.717) is 6.04 Å². The molecule has 3 atom stereocenters. The fourth-order valence-corrected chi connectivity index (χ4v) is 4.69. The Morgan fingerprint density at radius 2 is 2.00 bits per heavy atom. The van der Waals surface area contributed by atoms with E-state index in [2.05, 4.69) is 30.3 Å². The van der Waals surface area contributed by atoms with Crippen molar-refractivity contribution in [2.75, 3.05) is 13.6 Å². The number of nitrogens with zero attached hydrogens (tertiary/aromatic N) is 1. The van der Waals surface area contributed by atoms with Gasteiger partial charge in [0.2, 0.25) is 0 Å². The molecule has 2 aliphatic heterocycles. The van der Waals surface area contributed by atoms with Gasteiger partial charge in [0.25, 0.3) is 0 Å². The molecule has 1 aliphatic carbocycles. The predicted molar refractivity (Wildman–Crippen MR) is 81.3 cm³/mol. The molecule has 108 valence electrons. The Labute approximate surface area is 118 Å². The van der Waals surface area contributed by atoms with Crippen molar-refractivity contribution in [2.45, 2.75) is 76.4 Å². The predicted octanol–water partition coefficient (Wildman–Crippen LogP) is 3.34. The van der Waals surface area contributed by atoms with Crippen LogP contribution in [-0.4, -0.2) is 36.6 Å². The lowest BCUT2D eigenvalue weighted by Gasteiger charge is -2.41. The lowest BCUT2D eigenvalue weighted by Crippen LogP contribution is -2.47. The first-order valence-corrected chi connectivity index (χ1v) is 8.43. The number of rotatable bonds is 4. The van der Waals surface area contributed by atoms with E-state index in [-0.39, 0.29) is 0 Å². The first-order chi connectivity index (χ1) is 9.29. The van der Waals surface area contributed by atoms with Crippen molar-refractivity contribution in [1.82, 2.24) is 10.2 Å². The molecule has 2 nitrogen and oxygen atoms in total. The standard InChI is InChI=1S/C17H30N2/c1-3-18-17(13-7-5-4-6-8-13)14-11-15-9-10-16(12-14)19(15)2/h7,14-18H,3-6,8-12H2,1-2H3. The second kappa shape index (κ2) is 5.97. The minimum absolute atomic E-state index is 0.682. The van der Waals surface area contributed by atoms with Crippen LogP contribution in [0.1, 0.15) is 58.3 Å². The van der Waals surface area contributed by atoms with Crippen molar-refractivity contribution in [3.63, 3.8) is 0 Å². The minimum Gasteiger partial charge on any atom is -0.310 e. The van der Waals surface area contributed by atoms with Gasteiger partial charge in [0.15, 0.2) is 0 Å². The van der Waals surface area contributed by atoms with Crippen LogP contribution in [0.15, 0.2) is 11.6 Å². The summed E-state index contributed by atoms with van der Waals surface area (Å²) < 4.78 is 0. The zero-order chi connectivity index (χ0) is 13.2. The van der Waals surface area contributed by atoms with E-state index in [9.17, 15) is 0 Å². The van der Waals surface area contributed by atoms with E-state index in [4.69, 9.17) is 0 Å². The molecular formula is C17H30N2. The molecule has 0 aromatic rings. The average molecular weight is 262 g/mol. The van der Waals surface area contributed by atoms with Gasteiger partial charge in [-0.15, -0.1) is 0 Å². The molecule has 0 aromatic carbocycles. The van der Waals surface area contributed by atoms with E-state index in [1.807, 2.05) is 0 Å². The molecule has 0 radical (unpaired) electrons. The monoisotopic (exact) mass is 262 g/mol. The Morgan fingerprint density at radius 3 is 2.58 bits per heavy atom. The van der Waals surface area contributed by atoms with Gasteiger partial charge in [0, 0.05) is 18.1 Å². The minimum atomic E-state index is 0.682. The number of hydrogen-bond donors (Lipinski definition) is 1. The van der Waals surface area contributed by atoms with Gasteiger partial charge in [-0.2, -0.15) is 0 Å². The topological polar surface area (TPSA) is 15.3 Å². The number of hydrogen-bond acceptors (Lipinski definition) is 2. The molecule has 2 heteroatoms. The maximum Gasteiger partial charge on any atom is 0.0308 e. The van der Waals surface area contributed by atoms with Gasteiger partial charge < -0.3 is 10.2 Å². The van der Waals surface area contributed by atoms with Crippen LogP contribution in [-0.2, 0) is 0 Å². The van der Waals surface area contributed by atoms with Crippen molar-refractivity contribution in [3.05, 3.63) is 11.6 Å².